The van der Waals surface area contributed by atoms with Crippen LogP contribution in [-0.2, 0) is 0 Å². The summed E-state index contributed by atoms with van der Waals surface area (Å²) < 4.78 is 27.8. The molecule has 0 bridgehead atoms. The van der Waals surface area contributed by atoms with E-state index in [0.717, 1.165) is 19.3 Å². The minimum atomic E-state index is -0.344. The van der Waals surface area contributed by atoms with Crippen LogP contribution in [0.2, 0.25) is 0 Å². The van der Waals surface area contributed by atoms with Crippen molar-refractivity contribution in [2.45, 2.75) is 45.2 Å². The summed E-state index contributed by atoms with van der Waals surface area (Å²) in [7, 11) is 1.99. The number of nitrogens with two attached hydrogens (primary N) is 1. The van der Waals surface area contributed by atoms with Crippen molar-refractivity contribution in [2.75, 3.05) is 13.6 Å². The number of nitrogens with zero attached hydrogens (tertiary/aromatic N) is 1. The first-order valence-corrected chi connectivity index (χ1v) is 7.33. The molecular formula is C16H24F2N2. The molecule has 1 fully saturated rings. The van der Waals surface area contributed by atoms with Crippen molar-refractivity contribution in [1.82, 2.24) is 4.90 Å². The van der Waals surface area contributed by atoms with Gasteiger partial charge in [0.1, 0.15) is 11.6 Å². The largest absolute Gasteiger partial charge is 0.330 e. The fourth-order valence-electron chi connectivity index (χ4n) is 3.32. The molecule has 0 amide bonds. The average Bonchev–Trinajstić information content (AvgIpc) is 2.89. The van der Waals surface area contributed by atoms with Crippen LogP contribution in [0, 0.1) is 24.5 Å². The van der Waals surface area contributed by atoms with Gasteiger partial charge in [-0.15, -0.1) is 0 Å². The highest BCUT2D eigenvalue weighted by molar-refractivity contribution is 5.27. The molecule has 1 aromatic carbocycles. The van der Waals surface area contributed by atoms with E-state index in [0.29, 0.717) is 29.6 Å². The number of hydrogen-bond donors (Lipinski definition) is 1. The Kier molecular flexibility index (Phi) is 4.76. The molecule has 1 aliphatic rings. The fraction of sp³-hybridized carbons (Fsp3) is 0.625. The summed E-state index contributed by atoms with van der Waals surface area (Å²) in [5.74, 6) is -0.213. The Morgan fingerprint density at radius 1 is 1.30 bits per heavy atom. The number of hydrogen-bond acceptors (Lipinski definition) is 2. The molecule has 2 nitrogen and oxygen atoms in total. The van der Waals surface area contributed by atoms with Crippen LogP contribution in [0.25, 0.3) is 0 Å². The third-order valence-corrected chi connectivity index (χ3v) is 4.78. The Labute approximate surface area is 120 Å². The fourth-order valence-corrected chi connectivity index (χ4v) is 3.32. The van der Waals surface area contributed by atoms with E-state index in [1.807, 2.05) is 14.0 Å². The molecule has 20 heavy (non-hydrogen) atoms. The summed E-state index contributed by atoms with van der Waals surface area (Å²) in [5, 5.41) is 0. The van der Waals surface area contributed by atoms with E-state index in [1.165, 1.54) is 12.1 Å². The van der Waals surface area contributed by atoms with Gasteiger partial charge in [0, 0.05) is 17.6 Å². The van der Waals surface area contributed by atoms with Gasteiger partial charge in [-0.25, -0.2) is 8.78 Å². The smallest absolute Gasteiger partial charge is 0.128 e. The summed E-state index contributed by atoms with van der Waals surface area (Å²) in [4.78, 5) is 2.15. The lowest BCUT2D eigenvalue weighted by atomic mass is 9.98. The summed E-state index contributed by atoms with van der Waals surface area (Å²) in [6, 6.07) is 2.82. The summed E-state index contributed by atoms with van der Waals surface area (Å²) in [6.45, 7) is 4.17. The quantitative estimate of drug-likeness (QED) is 0.917. The molecule has 0 aromatic heterocycles. The predicted octanol–water partition coefficient (Wildman–Crippen LogP) is 3.39. The zero-order valence-corrected chi connectivity index (χ0v) is 12.5. The molecule has 112 valence electrons. The van der Waals surface area contributed by atoms with Crippen molar-refractivity contribution in [1.29, 1.82) is 0 Å². The lowest BCUT2D eigenvalue weighted by molar-refractivity contribution is 0.149. The Morgan fingerprint density at radius 2 is 2.00 bits per heavy atom. The van der Waals surface area contributed by atoms with Crippen LogP contribution in [0.15, 0.2) is 12.1 Å². The van der Waals surface area contributed by atoms with Crippen molar-refractivity contribution < 1.29 is 8.78 Å². The van der Waals surface area contributed by atoms with Crippen molar-refractivity contribution in [3.8, 4) is 0 Å². The van der Waals surface area contributed by atoms with Crippen LogP contribution in [0.5, 0.6) is 0 Å². The Bertz CT molecular complexity index is 476. The van der Waals surface area contributed by atoms with Gasteiger partial charge in [0.05, 0.1) is 0 Å². The van der Waals surface area contributed by atoms with E-state index in [-0.39, 0.29) is 17.7 Å². The van der Waals surface area contributed by atoms with Gasteiger partial charge in [-0.2, -0.15) is 0 Å². The zero-order valence-electron chi connectivity index (χ0n) is 12.5. The van der Waals surface area contributed by atoms with Crippen molar-refractivity contribution in [3.63, 3.8) is 0 Å². The minimum Gasteiger partial charge on any atom is -0.330 e. The zero-order chi connectivity index (χ0) is 14.9. The van der Waals surface area contributed by atoms with E-state index in [1.54, 1.807) is 6.92 Å². The van der Waals surface area contributed by atoms with Crippen LogP contribution in [-0.4, -0.2) is 24.5 Å². The monoisotopic (exact) mass is 282 g/mol. The van der Waals surface area contributed by atoms with Crippen LogP contribution in [0.4, 0.5) is 8.78 Å². The molecule has 0 aliphatic heterocycles. The second-order valence-corrected chi connectivity index (χ2v) is 5.96. The average molecular weight is 282 g/mol. The highest BCUT2D eigenvalue weighted by Gasteiger charge is 2.32. The molecule has 3 unspecified atom stereocenters. The Balaban J connectivity index is 2.22. The topological polar surface area (TPSA) is 29.3 Å². The molecule has 0 spiro atoms. The second-order valence-electron chi connectivity index (χ2n) is 5.96. The lowest BCUT2D eigenvalue weighted by Gasteiger charge is -2.34. The van der Waals surface area contributed by atoms with E-state index < -0.39 is 0 Å². The normalized spacial score (nSPS) is 24.4. The lowest BCUT2D eigenvalue weighted by Crippen LogP contribution is -2.39. The third-order valence-electron chi connectivity index (χ3n) is 4.78. The number of rotatable bonds is 4. The van der Waals surface area contributed by atoms with Crippen molar-refractivity contribution >= 4 is 0 Å². The maximum Gasteiger partial charge on any atom is 0.128 e. The molecule has 3 atom stereocenters. The molecule has 0 heterocycles. The molecule has 0 radical (unpaired) electrons. The number of aryl methyl sites for hydroxylation is 1. The molecule has 1 aromatic rings. The summed E-state index contributed by atoms with van der Waals surface area (Å²) >= 11 is 0. The first-order valence-electron chi connectivity index (χ1n) is 7.33. The maximum absolute atomic E-state index is 14.1. The first kappa shape index (κ1) is 15.4. The van der Waals surface area contributed by atoms with Gasteiger partial charge in [-0.3, -0.25) is 4.90 Å². The van der Waals surface area contributed by atoms with E-state index in [9.17, 15) is 8.78 Å². The van der Waals surface area contributed by atoms with E-state index >= 15 is 0 Å². The van der Waals surface area contributed by atoms with E-state index in [4.69, 9.17) is 5.73 Å². The van der Waals surface area contributed by atoms with Gasteiger partial charge in [0.2, 0.25) is 0 Å². The maximum atomic E-state index is 14.1. The Morgan fingerprint density at radius 3 is 2.65 bits per heavy atom. The van der Waals surface area contributed by atoms with Gasteiger partial charge in [-0.1, -0.05) is 6.42 Å². The van der Waals surface area contributed by atoms with Crippen LogP contribution in [0.1, 0.15) is 43.4 Å². The van der Waals surface area contributed by atoms with Gasteiger partial charge in [0.15, 0.2) is 0 Å². The van der Waals surface area contributed by atoms with Crippen LogP contribution >= 0.6 is 0 Å². The molecule has 4 heteroatoms. The molecule has 1 saturated carbocycles. The minimum absolute atomic E-state index is 0.151. The summed E-state index contributed by atoms with van der Waals surface area (Å²) in [5.41, 5.74) is 6.59. The van der Waals surface area contributed by atoms with Crippen LogP contribution < -0.4 is 5.73 Å². The molecular weight excluding hydrogens is 258 g/mol. The predicted molar refractivity (Wildman–Crippen MR) is 77.5 cm³/mol. The van der Waals surface area contributed by atoms with Crippen LogP contribution in [0.3, 0.4) is 0 Å². The molecule has 0 saturated heterocycles. The van der Waals surface area contributed by atoms with Crippen molar-refractivity contribution in [3.05, 3.63) is 34.9 Å². The van der Waals surface area contributed by atoms with E-state index in [2.05, 4.69) is 4.90 Å². The number of benzene rings is 1. The first-order chi connectivity index (χ1) is 9.45. The van der Waals surface area contributed by atoms with Gasteiger partial charge < -0.3 is 5.73 Å². The van der Waals surface area contributed by atoms with Gasteiger partial charge in [0.25, 0.3) is 0 Å². The highest BCUT2D eigenvalue weighted by Crippen LogP contribution is 2.34. The SMILES string of the molecule is Cc1cc(F)c(C(C)N(C)C2CCCC2CN)cc1F. The Hall–Kier alpha value is -1.00. The molecule has 2 N–H and O–H groups in total. The standard InChI is InChI=1S/C16H24F2N2/c1-10-7-15(18)13(8-14(10)17)11(2)20(3)16-6-4-5-12(16)9-19/h7-8,11-12,16H,4-6,9,19H2,1-3H3. The van der Waals surface area contributed by atoms with Gasteiger partial charge in [-0.05, 0) is 63.9 Å². The second kappa shape index (κ2) is 6.19. The number of halogens is 2. The summed E-state index contributed by atoms with van der Waals surface area (Å²) in [6.07, 6.45) is 3.37. The van der Waals surface area contributed by atoms with Gasteiger partial charge >= 0.3 is 0 Å². The third kappa shape index (κ3) is 2.86. The van der Waals surface area contributed by atoms with Crippen molar-refractivity contribution in [2.24, 2.45) is 11.7 Å². The molecule has 1 aliphatic carbocycles. The highest BCUT2D eigenvalue weighted by atomic mass is 19.1. The molecule has 2 rings (SSSR count).